The number of primary amides is 1. The molecule has 3 N–H and O–H groups in total. The molecule has 2 fully saturated rings. The molecule has 5 nitrogen and oxygen atoms in total. The molecule has 2 aliphatic rings. The van der Waals surface area contributed by atoms with Crippen molar-refractivity contribution in [3.63, 3.8) is 0 Å². The summed E-state index contributed by atoms with van der Waals surface area (Å²) in [5.74, 6) is 0.454. The van der Waals surface area contributed by atoms with E-state index >= 15 is 0 Å². The van der Waals surface area contributed by atoms with Crippen molar-refractivity contribution in [1.29, 1.82) is 0 Å². The van der Waals surface area contributed by atoms with Crippen molar-refractivity contribution in [2.45, 2.75) is 50.6 Å². The Balaban J connectivity index is 1.69. The number of carbonyl (C=O) groups is 1. The van der Waals surface area contributed by atoms with E-state index in [4.69, 9.17) is 10.5 Å². The van der Waals surface area contributed by atoms with Gasteiger partial charge in [0.1, 0.15) is 0 Å². The molecule has 1 heterocycles. The highest BCUT2D eigenvalue weighted by Gasteiger charge is 2.36. The van der Waals surface area contributed by atoms with Crippen LogP contribution >= 0.6 is 0 Å². The number of hydrogen-bond donors (Lipinski definition) is 2. The molecule has 2 unspecified atom stereocenters. The highest BCUT2D eigenvalue weighted by atomic mass is 16.5. The summed E-state index contributed by atoms with van der Waals surface area (Å²) < 4.78 is 5.22. The van der Waals surface area contributed by atoms with Gasteiger partial charge in [0.25, 0.3) is 0 Å². The number of nitrogens with two attached hydrogens (primary N) is 1. The Hall–Kier alpha value is -0.650. The minimum atomic E-state index is -0.535. The van der Waals surface area contributed by atoms with E-state index in [1.54, 1.807) is 7.11 Å². The van der Waals surface area contributed by atoms with Crippen LogP contribution in [0, 0.1) is 5.92 Å². The smallest absolute Gasteiger partial charge is 0.237 e. The normalized spacial score (nSPS) is 26.6. The summed E-state index contributed by atoms with van der Waals surface area (Å²) in [7, 11) is 1.77. The van der Waals surface area contributed by atoms with Crippen LogP contribution in [0.3, 0.4) is 0 Å². The first-order chi connectivity index (χ1) is 9.53. The molecule has 2 rings (SSSR count). The number of nitrogens with zero attached hydrogens (tertiary/aromatic N) is 1. The molecule has 0 aromatic carbocycles. The molecule has 0 aromatic rings. The lowest BCUT2D eigenvalue weighted by molar-refractivity contribution is -0.124. The van der Waals surface area contributed by atoms with Crippen molar-refractivity contribution in [2.24, 2.45) is 11.7 Å². The molecule has 1 aliphatic heterocycles. The number of hydrogen-bond acceptors (Lipinski definition) is 4. The largest absolute Gasteiger partial charge is 0.384 e. The Morgan fingerprint density at radius 2 is 2.20 bits per heavy atom. The maximum atomic E-state index is 11.7. The average molecular weight is 283 g/mol. The van der Waals surface area contributed by atoms with Gasteiger partial charge in [0.05, 0.1) is 12.1 Å². The van der Waals surface area contributed by atoms with Gasteiger partial charge in [-0.1, -0.05) is 0 Å². The number of nitrogens with one attached hydrogen (secondary N) is 1. The van der Waals surface area contributed by atoms with E-state index in [0.717, 1.165) is 39.1 Å². The van der Waals surface area contributed by atoms with E-state index in [9.17, 15) is 4.79 Å². The number of amides is 1. The Bertz CT molecular complexity index is 333. The van der Waals surface area contributed by atoms with Crippen LogP contribution in [0.5, 0.6) is 0 Å². The third kappa shape index (κ3) is 4.43. The van der Waals surface area contributed by atoms with Crippen LogP contribution in [0.1, 0.15) is 39.0 Å². The molecule has 0 aromatic heterocycles. The van der Waals surface area contributed by atoms with E-state index < -0.39 is 5.54 Å². The highest BCUT2D eigenvalue weighted by molar-refractivity contribution is 5.84. The van der Waals surface area contributed by atoms with E-state index in [-0.39, 0.29) is 5.91 Å². The van der Waals surface area contributed by atoms with Gasteiger partial charge in [-0.3, -0.25) is 4.79 Å². The second kappa shape index (κ2) is 6.87. The SMILES string of the molecule is COCC1CCN(CCCC(C)(NC2CC2)C(N)=O)C1. The highest BCUT2D eigenvalue weighted by Crippen LogP contribution is 2.25. The fraction of sp³-hybridized carbons (Fsp3) is 0.933. The fourth-order valence-corrected chi connectivity index (χ4v) is 3.09. The third-order valence-corrected chi connectivity index (χ3v) is 4.57. The van der Waals surface area contributed by atoms with Crippen LogP contribution in [0.15, 0.2) is 0 Å². The standard InChI is InChI=1S/C15H29N3O2/c1-15(14(16)19,17-13-4-5-13)7-3-8-18-9-6-12(10-18)11-20-2/h12-13,17H,3-11H2,1-2H3,(H2,16,19). The fourth-order valence-electron chi connectivity index (χ4n) is 3.09. The Morgan fingerprint density at radius 3 is 2.80 bits per heavy atom. The summed E-state index contributed by atoms with van der Waals surface area (Å²) in [6.07, 6.45) is 5.41. The van der Waals surface area contributed by atoms with Crippen LogP contribution in [0.2, 0.25) is 0 Å². The molecule has 2 atom stereocenters. The van der Waals surface area contributed by atoms with E-state index in [1.165, 1.54) is 19.3 Å². The van der Waals surface area contributed by atoms with Gasteiger partial charge in [-0.05, 0) is 58.0 Å². The van der Waals surface area contributed by atoms with Crippen molar-refractivity contribution in [1.82, 2.24) is 10.2 Å². The van der Waals surface area contributed by atoms with Crippen LogP contribution in [0.4, 0.5) is 0 Å². The van der Waals surface area contributed by atoms with Gasteiger partial charge < -0.3 is 20.7 Å². The first-order valence-corrected chi connectivity index (χ1v) is 7.82. The van der Waals surface area contributed by atoms with Crippen molar-refractivity contribution < 1.29 is 9.53 Å². The van der Waals surface area contributed by atoms with Crippen LogP contribution < -0.4 is 11.1 Å². The molecule has 1 saturated heterocycles. The summed E-state index contributed by atoms with van der Waals surface area (Å²) in [5, 5.41) is 3.41. The molecule has 1 amide bonds. The Kier molecular flexibility index (Phi) is 5.41. The number of rotatable bonds is 9. The lowest BCUT2D eigenvalue weighted by Gasteiger charge is -2.28. The zero-order chi connectivity index (χ0) is 14.6. The van der Waals surface area contributed by atoms with Crippen molar-refractivity contribution in [3.05, 3.63) is 0 Å². The second-order valence-electron chi connectivity index (χ2n) is 6.63. The van der Waals surface area contributed by atoms with Gasteiger partial charge in [0, 0.05) is 19.7 Å². The summed E-state index contributed by atoms with van der Waals surface area (Å²) in [4.78, 5) is 14.2. The Morgan fingerprint density at radius 1 is 1.45 bits per heavy atom. The maximum absolute atomic E-state index is 11.7. The molecule has 1 aliphatic carbocycles. The van der Waals surface area contributed by atoms with E-state index in [0.29, 0.717) is 12.0 Å². The molecule has 0 bridgehead atoms. The molecular weight excluding hydrogens is 254 g/mol. The zero-order valence-corrected chi connectivity index (χ0v) is 12.9. The number of carbonyl (C=O) groups excluding carboxylic acids is 1. The predicted molar refractivity (Wildman–Crippen MR) is 79.4 cm³/mol. The lowest BCUT2D eigenvalue weighted by Crippen LogP contribution is -2.54. The van der Waals surface area contributed by atoms with Gasteiger partial charge >= 0.3 is 0 Å². The number of ether oxygens (including phenoxy) is 1. The van der Waals surface area contributed by atoms with Crippen LogP contribution in [-0.2, 0) is 9.53 Å². The number of likely N-dealkylation sites (tertiary alicyclic amines) is 1. The summed E-state index contributed by atoms with van der Waals surface area (Å²) in [6, 6.07) is 0.505. The molecule has 0 spiro atoms. The average Bonchev–Trinajstić information content (AvgIpc) is 3.08. The molecule has 0 radical (unpaired) electrons. The maximum Gasteiger partial charge on any atom is 0.237 e. The van der Waals surface area contributed by atoms with Gasteiger partial charge in [-0.2, -0.15) is 0 Å². The quantitative estimate of drug-likeness (QED) is 0.655. The first kappa shape index (κ1) is 15.7. The molecule has 20 heavy (non-hydrogen) atoms. The molecule has 5 heteroatoms. The lowest BCUT2D eigenvalue weighted by atomic mass is 9.94. The molecule has 1 saturated carbocycles. The third-order valence-electron chi connectivity index (χ3n) is 4.57. The van der Waals surface area contributed by atoms with E-state index in [2.05, 4.69) is 10.2 Å². The van der Waals surface area contributed by atoms with E-state index in [1.807, 2.05) is 6.92 Å². The molecular formula is C15H29N3O2. The van der Waals surface area contributed by atoms with Gasteiger partial charge in [-0.15, -0.1) is 0 Å². The first-order valence-electron chi connectivity index (χ1n) is 7.82. The van der Waals surface area contributed by atoms with Crippen molar-refractivity contribution >= 4 is 5.91 Å². The summed E-state index contributed by atoms with van der Waals surface area (Å²) in [6.45, 7) is 6.13. The van der Waals surface area contributed by atoms with Gasteiger partial charge in [-0.25, -0.2) is 0 Å². The van der Waals surface area contributed by atoms with Gasteiger partial charge in [0.15, 0.2) is 0 Å². The number of methoxy groups -OCH3 is 1. The minimum Gasteiger partial charge on any atom is -0.384 e. The topological polar surface area (TPSA) is 67.6 Å². The summed E-state index contributed by atoms with van der Waals surface area (Å²) in [5.41, 5.74) is 5.04. The van der Waals surface area contributed by atoms with Crippen molar-refractivity contribution in [3.8, 4) is 0 Å². The Labute approximate surface area is 122 Å². The summed E-state index contributed by atoms with van der Waals surface area (Å²) >= 11 is 0. The monoisotopic (exact) mass is 283 g/mol. The minimum absolute atomic E-state index is 0.219. The van der Waals surface area contributed by atoms with Crippen molar-refractivity contribution in [2.75, 3.05) is 33.4 Å². The zero-order valence-electron chi connectivity index (χ0n) is 12.9. The van der Waals surface area contributed by atoms with Crippen LogP contribution in [0.25, 0.3) is 0 Å². The second-order valence-corrected chi connectivity index (χ2v) is 6.63. The predicted octanol–water partition coefficient (Wildman–Crippen LogP) is 0.731. The van der Waals surface area contributed by atoms with Crippen LogP contribution in [-0.4, -0.2) is 55.7 Å². The molecule has 116 valence electrons. The van der Waals surface area contributed by atoms with Gasteiger partial charge in [0.2, 0.25) is 5.91 Å².